The number of halogens is 10. The van der Waals surface area contributed by atoms with Gasteiger partial charge in [0.2, 0.25) is 0 Å². The summed E-state index contributed by atoms with van der Waals surface area (Å²) in [7, 11) is 0. The van der Waals surface area contributed by atoms with Crippen molar-refractivity contribution in [2.75, 3.05) is 0 Å². The van der Waals surface area contributed by atoms with Crippen LogP contribution in [0, 0.1) is 58.2 Å². The van der Waals surface area contributed by atoms with Gasteiger partial charge in [-0.1, -0.05) is 0 Å². The van der Waals surface area contributed by atoms with Crippen LogP contribution in [0.25, 0.3) is 0 Å². The van der Waals surface area contributed by atoms with E-state index in [1.54, 1.807) is 0 Å². The molecule has 0 bridgehead atoms. The van der Waals surface area contributed by atoms with Gasteiger partial charge in [-0.2, -0.15) is 0 Å². The summed E-state index contributed by atoms with van der Waals surface area (Å²) in [5.41, 5.74) is 0. The van der Waals surface area contributed by atoms with Gasteiger partial charge < -0.3 is 0 Å². The highest BCUT2D eigenvalue weighted by atomic mass is 27.1. The second-order valence-corrected chi connectivity index (χ2v) is 6.04. The molecule has 0 saturated carbocycles. The molecule has 2 rings (SSSR count). The number of hydrogen-bond donors (Lipinski definition) is 0. The van der Waals surface area contributed by atoms with Crippen LogP contribution in [-0.4, -0.2) is 15.2 Å². The largest absolute Gasteiger partial charge is 0.343 e. The summed E-state index contributed by atoms with van der Waals surface area (Å²) in [6, 6.07) is 0. The van der Waals surface area contributed by atoms with E-state index in [1.165, 1.54) is 0 Å². The predicted octanol–water partition coefficient (Wildman–Crippen LogP) is 2.46. The lowest BCUT2D eigenvalue weighted by atomic mass is 10.3. The van der Waals surface area contributed by atoms with Crippen molar-refractivity contribution in [3.63, 3.8) is 0 Å². The molecule has 0 nitrogen and oxygen atoms in total. The molecule has 0 aliphatic heterocycles. The van der Waals surface area contributed by atoms with Gasteiger partial charge in [0.15, 0.2) is 58.2 Å². The van der Waals surface area contributed by atoms with Crippen LogP contribution in [-0.2, 0) is 0 Å². The zero-order valence-corrected chi connectivity index (χ0v) is 11.9. The molecule has 0 spiro atoms. The summed E-state index contributed by atoms with van der Waals surface area (Å²) in [5, 5.41) is 0. The normalized spacial score (nSPS) is 11.0. The molecule has 0 fully saturated rings. The Morgan fingerprint density at radius 2 is 0.478 bits per heavy atom. The molecule has 2 aromatic rings. The first kappa shape index (κ1) is 17.6. The van der Waals surface area contributed by atoms with E-state index in [0.717, 1.165) is 0 Å². The maximum atomic E-state index is 13.4. The predicted molar refractivity (Wildman–Crippen MR) is 58.9 cm³/mol. The highest BCUT2D eigenvalue weighted by molar-refractivity contribution is 6.67. The average Bonchev–Trinajstić information content (AvgIpc) is 2.54. The Bertz CT molecular complexity index is 691. The van der Waals surface area contributed by atoms with Gasteiger partial charge in [-0.25, -0.2) is 43.9 Å². The summed E-state index contributed by atoms with van der Waals surface area (Å²) in [6.07, 6.45) is 0. The first-order valence-electron chi connectivity index (χ1n) is 5.60. The lowest BCUT2D eigenvalue weighted by molar-refractivity contribution is 0.382. The third-order valence-electron chi connectivity index (χ3n) is 2.95. The fraction of sp³-hybridized carbons (Fsp3) is 0. The van der Waals surface area contributed by atoms with Crippen LogP contribution in [0.3, 0.4) is 0 Å². The third kappa shape index (κ3) is 2.68. The van der Waals surface area contributed by atoms with Crippen molar-refractivity contribution in [2.45, 2.75) is 0 Å². The van der Waals surface area contributed by atoms with Gasteiger partial charge in [-0.3, -0.25) is 0 Å². The zero-order valence-electron chi connectivity index (χ0n) is 10.5. The summed E-state index contributed by atoms with van der Waals surface area (Å²) in [4.78, 5) is 0. The quantitative estimate of drug-likeness (QED) is 0.333. The third-order valence-corrected chi connectivity index (χ3v) is 4.90. The Balaban J connectivity index is 2.71. The zero-order chi connectivity index (χ0) is 17.6. The van der Waals surface area contributed by atoms with Crippen molar-refractivity contribution in [2.24, 2.45) is 0 Å². The lowest BCUT2D eigenvalue weighted by Crippen LogP contribution is -2.39. The van der Waals surface area contributed by atoms with Gasteiger partial charge in [0.05, 0.1) is 0 Å². The van der Waals surface area contributed by atoms with Gasteiger partial charge in [0, 0.05) is 0 Å². The molecule has 122 valence electrons. The highest BCUT2D eigenvalue weighted by Crippen LogP contribution is 2.18. The first-order valence-corrected chi connectivity index (χ1v) is 7.01. The topological polar surface area (TPSA) is 0 Å². The summed E-state index contributed by atoms with van der Waals surface area (Å²) in [5.74, 6) is -24.0. The van der Waals surface area contributed by atoms with E-state index in [4.69, 9.17) is 0 Å². The fourth-order valence-electron chi connectivity index (χ4n) is 1.79. The van der Waals surface area contributed by atoms with Gasteiger partial charge in [0.1, 0.15) is 0 Å². The van der Waals surface area contributed by atoms with Crippen molar-refractivity contribution in [3.05, 3.63) is 58.2 Å². The molecule has 0 atom stereocenters. The van der Waals surface area contributed by atoms with E-state index in [1.807, 2.05) is 0 Å². The van der Waals surface area contributed by atoms with Crippen LogP contribution >= 0.6 is 0 Å². The van der Waals surface area contributed by atoms with Crippen LogP contribution in [0.2, 0.25) is 0 Å². The minimum absolute atomic E-state index is 1.59. The Hall–Kier alpha value is -1.73. The average molecular weight is 362 g/mol. The van der Waals surface area contributed by atoms with E-state index in [9.17, 15) is 43.9 Å². The molecule has 2 aromatic carbocycles. The molecule has 0 unspecified atom stereocenters. The second-order valence-electron chi connectivity index (χ2n) is 4.27. The Morgan fingerprint density at radius 1 is 0.304 bits per heavy atom. The van der Waals surface area contributed by atoms with Crippen molar-refractivity contribution in [1.29, 1.82) is 0 Å². The Morgan fingerprint density at radius 3 is 0.696 bits per heavy atom. The molecule has 0 heterocycles. The molecule has 0 amide bonds. The number of benzene rings is 2. The van der Waals surface area contributed by atoms with Crippen LogP contribution in [0.1, 0.15) is 0 Å². The summed E-state index contributed by atoms with van der Waals surface area (Å²) >= 11 is -3.26. The lowest BCUT2D eigenvalue weighted by Gasteiger charge is -2.10. The molecule has 0 radical (unpaired) electrons. The van der Waals surface area contributed by atoms with Gasteiger partial charge in [-0.15, -0.1) is 0 Å². The van der Waals surface area contributed by atoms with Gasteiger partial charge in [0.25, 0.3) is 0 Å². The maximum absolute atomic E-state index is 13.4. The Labute approximate surface area is 127 Å². The fourth-order valence-corrected chi connectivity index (χ4v) is 3.38. The molecule has 23 heavy (non-hydrogen) atoms. The van der Waals surface area contributed by atoms with Crippen molar-refractivity contribution in [3.8, 4) is 0 Å². The van der Waals surface area contributed by atoms with Crippen LogP contribution < -0.4 is 8.85 Å². The van der Waals surface area contributed by atoms with Crippen molar-refractivity contribution < 1.29 is 43.9 Å². The molecule has 0 aromatic heterocycles. The second kappa shape index (κ2) is 6.05. The number of hydrogen-bond acceptors (Lipinski definition) is 0. The number of rotatable bonds is 2. The molecular weight excluding hydrogens is 361 g/mol. The van der Waals surface area contributed by atoms with Gasteiger partial charge in [-0.05, 0) is 8.85 Å². The standard InChI is InChI=1S/2C6F5.Al.H/c2*7-2-1-3(8)5(10)6(11)4(2)9;;. The van der Waals surface area contributed by atoms with E-state index in [-0.39, 0.29) is 0 Å². The molecule has 0 N–H and O–H groups in total. The van der Waals surface area contributed by atoms with Crippen molar-refractivity contribution in [1.82, 2.24) is 0 Å². The van der Waals surface area contributed by atoms with Gasteiger partial charge >= 0.3 is 15.2 Å². The summed E-state index contributed by atoms with van der Waals surface area (Å²) in [6.45, 7) is 0. The summed E-state index contributed by atoms with van der Waals surface area (Å²) < 4.78 is 128. The minimum Gasteiger partial charge on any atom is -0.205 e. The maximum Gasteiger partial charge on any atom is 0.343 e. The molecule has 0 aliphatic rings. The van der Waals surface area contributed by atoms with E-state index in [0.29, 0.717) is 0 Å². The Kier molecular flexibility index (Phi) is 4.64. The first-order chi connectivity index (χ1) is 10.6. The van der Waals surface area contributed by atoms with E-state index >= 15 is 0 Å². The smallest absolute Gasteiger partial charge is 0.205 e. The monoisotopic (exact) mass is 362 g/mol. The SMILES string of the molecule is Fc1c(F)c(F)[c]([AlH][c]2c(F)c(F)c(F)c(F)c2F)c(F)c1F. The van der Waals surface area contributed by atoms with Crippen LogP contribution in [0.4, 0.5) is 43.9 Å². The molecule has 11 heteroatoms. The minimum atomic E-state index is -3.26. The van der Waals surface area contributed by atoms with E-state index < -0.39 is 82.2 Å². The van der Waals surface area contributed by atoms with E-state index in [2.05, 4.69) is 0 Å². The molecule has 0 aliphatic carbocycles. The highest BCUT2D eigenvalue weighted by Gasteiger charge is 2.31. The molecular formula is C12HAlF10. The van der Waals surface area contributed by atoms with Crippen molar-refractivity contribution >= 4 is 24.1 Å². The van der Waals surface area contributed by atoms with Crippen LogP contribution in [0.5, 0.6) is 0 Å². The molecule has 0 saturated heterocycles. The van der Waals surface area contributed by atoms with Crippen LogP contribution in [0.15, 0.2) is 0 Å².